The summed E-state index contributed by atoms with van der Waals surface area (Å²) in [5.74, 6) is 0.760. The summed E-state index contributed by atoms with van der Waals surface area (Å²) in [5.41, 5.74) is 3.38. The number of hydrogen-bond donors (Lipinski definition) is 0. The summed E-state index contributed by atoms with van der Waals surface area (Å²) in [6, 6.07) is 21.8. The van der Waals surface area contributed by atoms with Crippen LogP contribution in [0.1, 0.15) is 22.7 Å². The third-order valence-corrected chi connectivity index (χ3v) is 5.53. The van der Waals surface area contributed by atoms with Crippen LogP contribution in [0.5, 0.6) is 0 Å². The van der Waals surface area contributed by atoms with Crippen LogP contribution in [0.3, 0.4) is 0 Å². The molecule has 4 aromatic rings. The lowest BCUT2D eigenvalue weighted by Crippen LogP contribution is -2.28. The summed E-state index contributed by atoms with van der Waals surface area (Å²) in [4.78, 5) is 18.9. The van der Waals surface area contributed by atoms with Gasteiger partial charge in [0.2, 0.25) is 0 Å². The van der Waals surface area contributed by atoms with Gasteiger partial charge in [0, 0.05) is 42.6 Å². The molecule has 29 heavy (non-hydrogen) atoms. The Morgan fingerprint density at radius 3 is 2.45 bits per heavy atom. The second-order valence-corrected chi connectivity index (χ2v) is 7.64. The molecule has 0 aliphatic rings. The van der Waals surface area contributed by atoms with E-state index in [0.717, 1.165) is 40.4 Å². The molecule has 6 heteroatoms. The van der Waals surface area contributed by atoms with E-state index in [1.807, 2.05) is 72.1 Å². The average Bonchev–Trinajstić information content (AvgIpc) is 3.45. The summed E-state index contributed by atoms with van der Waals surface area (Å²) in [5, 5.41) is 6.82. The van der Waals surface area contributed by atoms with E-state index in [2.05, 4.69) is 10.1 Å². The molecule has 0 fully saturated rings. The van der Waals surface area contributed by atoms with E-state index in [9.17, 15) is 4.79 Å². The fourth-order valence-electron chi connectivity index (χ4n) is 3.05. The van der Waals surface area contributed by atoms with E-state index < -0.39 is 0 Å². The molecule has 0 spiro atoms. The molecule has 1 amide bonds. The standard InChI is InChI=1S/C23H21N3O2S/c1-26(23(27)21-16-29-22(24-21)18-11-6-3-7-12-18)14-8-13-19-15-20(25-28-19)17-9-4-2-5-10-17/h2-7,9-12,15-16H,8,13-14H2,1H3. The van der Waals surface area contributed by atoms with Gasteiger partial charge in [-0.3, -0.25) is 4.79 Å². The van der Waals surface area contributed by atoms with Gasteiger partial charge in [0.05, 0.1) is 0 Å². The number of aromatic nitrogens is 2. The van der Waals surface area contributed by atoms with Crippen molar-refractivity contribution >= 4 is 17.2 Å². The number of hydrogen-bond acceptors (Lipinski definition) is 5. The van der Waals surface area contributed by atoms with Crippen LogP contribution in [0.4, 0.5) is 0 Å². The van der Waals surface area contributed by atoms with Crippen molar-refractivity contribution in [1.29, 1.82) is 0 Å². The van der Waals surface area contributed by atoms with E-state index in [0.29, 0.717) is 12.2 Å². The Morgan fingerprint density at radius 2 is 1.72 bits per heavy atom. The second kappa shape index (κ2) is 8.84. The maximum atomic E-state index is 12.7. The third kappa shape index (κ3) is 4.60. The minimum Gasteiger partial charge on any atom is -0.361 e. The molecule has 0 radical (unpaired) electrons. The molecule has 0 atom stereocenters. The Hall–Kier alpha value is -3.25. The van der Waals surface area contributed by atoms with E-state index in [4.69, 9.17) is 4.52 Å². The van der Waals surface area contributed by atoms with Crippen LogP contribution in [0, 0.1) is 0 Å². The van der Waals surface area contributed by atoms with Gasteiger partial charge in [0.1, 0.15) is 22.2 Å². The zero-order chi connectivity index (χ0) is 20.1. The first-order chi connectivity index (χ1) is 14.2. The number of carbonyl (C=O) groups is 1. The SMILES string of the molecule is CN(CCCc1cc(-c2ccccc2)no1)C(=O)c1csc(-c2ccccc2)n1. The average molecular weight is 404 g/mol. The van der Waals surface area contributed by atoms with Crippen molar-refractivity contribution in [2.45, 2.75) is 12.8 Å². The van der Waals surface area contributed by atoms with Crippen molar-refractivity contribution in [3.63, 3.8) is 0 Å². The summed E-state index contributed by atoms with van der Waals surface area (Å²) in [6.45, 7) is 0.623. The van der Waals surface area contributed by atoms with Crippen molar-refractivity contribution < 1.29 is 9.32 Å². The maximum absolute atomic E-state index is 12.7. The zero-order valence-electron chi connectivity index (χ0n) is 16.1. The minimum atomic E-state index is -0.0639. The van der Waals surface area contributed by atoms with Crippen LogP contribution in [0.2, 0.25) is 0 Å². The molecule has 0 saturated heterocycles. The number of benzene rings is 2. The molecule has 5 nitrogen and oxygen atoms in total. The van der Waals surface area contributed by atoms with Crippen LogP contribution in [0.15, 0.2) is 76.6 Å². The molecule has 2 heterocycles. The molecule has 146 valence electrons. The predicted octanol–water partition coefficient (Wildman–Crippen LogP) is 5.17. The number of rotatable bonds is 7. The highest BCUT2D eigenvalue weighted by Gasteiger charge is 2.16. The summed E-state index contributed by atoms with van der Waals surface area (Å²) in [6.07, 6.45) is 1.52. The van der Waals surface area contributed by atoms with Crippen molar-refractivity contribution in [2.75, 3.05) is 13.6 Å². The van der Waals surface area contributed by atoms with Crippen molar-refractivity contribution in [2.24, 2.45) is 0 Å². The first kappa shape index (κ1) is 19.1. The highest BCUT2D eigenvalue weighted by Crippen LogP contribution is 2.24. The Kier molecular flexibility index (Phi) is 5.81. The van der Waals surface area contributed by atoms with E-state index >= 15 is 0 Å². The van der Waals surface area contributed by atoms with Crippen LogP contribution in [-0.4, -0.2) is 34.5 Å². The van der Waals surface area contributed by atoms with Crippen LogP contribution in [0.25, 0.3) is 21.8 Å². The molecule has 0 bridgehead atoms. The highest BCUT2D eigenvalue weighted by molar-refractivity contribution is 7.13. The van der Waals surface area contributed by atoms with Crippen molar-refractivity contribution in [3.05, 3.63) is 83.6 Å². The van der Waals surface area contributed by atoms with Gasteiger partial charge >= 0.3 is 0 Å². The second-order valence-electron chi connectivity index (χ2n) is 6.78. The molecule has 2 aromatic carbocycles. The lowest BCUT2D eigenvalue weighted by Gasteiger charge is -2.15. The molecule has 0 N–H and O–H groups in total. The summed E-state index contributed by atoms with van der Waals surface area (Å²) >= 11 is 1.49. The topological polar surface area (TPSA) is 59.2 Å². The van der Waals surface area contributed by atoms with Gasteiger partial charge in [-0.15, -0.1) is 11.3 Å². The monoisotopic (exact) mass is 403 g/mol. The van der Waals surface area contributed by atoms with E-state index in [-0.39, 0.29) is 5.91 Å². The van der Waals surface area contributed by atoms with Gasteiger partial charge < -0.3 is 9.42 Å². The molecule has 4 rings (SSSR count). The van der Waals surface area contributed by atoms with Gasteiger partial charge in [-0.1, -0.05) is 65.8 Å². The van der Waals surface area contributed by atoms with Gasteiger partial charge in [0.15, 0.2) is 0 Å². The maximum Gasteiger partial charge on any atom is 0.273 e. The fourth-order valence-corrected chi connectivity index (χ4v) is 3.85. The molecule has 0 aliphatic carbocycles. The molecular formula is C23H21N3O2S. The number of aryl methyl sites for hydroxylation is 1. The summed E-state index contributed by atoms with van der Waals surface area (Å²) < 4.78 is 5.43. The van der Waals surface area contributed by atoms with Gasteiger partial charge in [-0.2, -0.15) is 0 Å². The Balaban J connectivity index is 1.31. The van der Waals surface area contributed by atoms with Crippen LogP contribution < -0.4 is 0 Å². The highest BCUT2D eigenvalue weighted by atomic mass is 32.1. The zero-order valence-corrected chi connectivity index (χ0v) is 16.9. The Bertz CT molecular complexity index is 1070. The fraction of sp³-hybridized carbons (Fsp3) is 0.174. The normalized spacial score (nSPS) is 10.8. The molecule has 2 aromatic heterocycles. The Morgan fingerprint density at radius 1 is 1.03 bits per heavy atom. The lowest BCUT2D eigenvalue weighted by atomic mass is 10.1. The number of amides is 1. The van der Waals surface area contributed by atoms with E-state index in [1.165, 1.54) is 11.3 Å². The molecule has 0 aliphatic heterocycles. The van der Waals surface area contributed by atoms with Crippen molar-refractivity contribution in [3.8, 4) is 21.8 Å². The minimum absolute atomic E-state index is 0.0639. The van der Waals surface area contributed by atoms with Gasteiger partial charge in [-0.25, -0.2) is 4.98 Å². The predicted molar refractivity (Wildman–Crippen MR) is 115 cm³/mol. The smallest absolute Gasteiger partial charge is 0.273 e. The van der Waals surface area contributed by atoms with Gasteiger partial charge in [-0.05, 0) is 6.42 Å². The lowest BCUT2D eigenvalue weighted by molar-refractivity contribution is 0.0788. The van der Waals surface area contributed by atoms with Crippen molar-refractivity contribution in [1.82, 2.24) is 15.0 Å². The van der Waals surface area contributed by atoms with Gasteiger partial charge in [0.25, 0.3) is 5.91 Å². The number of thiazole rings is 1. The van der Waals surface area contributed by atoms with Crippen LogP contribution in [-0.2, 0) is 6.42 Å². The molecule has 0 unspecified atom stereocenters. The quantitative estimate of drug-likeness (QED) is 0.427. The van der Waals surface area contributed by atoms with Crippen LogP contribution >= 0.6 is 11.3 Å². The Labute approximate surface area is 173 Å². The molecule has 0 saturated carbocycles. The first-order valence-corrected chi connectivity index (χ1v) is 10.4. The third-order valence-electron chi connectivity index (χ3n) is 4.64. The largest absolute Gasteiger partial charge is 0.361 e. The molecular weight excluding hydrogens is 382 g/mol. The number of carbonyl (C=O) groups excluding carboxylic acids is 1. The first-order valence-electron chi connectivity index (χ1n) is 9.48. The van der Waals surface area contributed by atoms with E-state index in [1.54, 1.807) is 11.9 Å². The number of nitrogens with zero attached hydrogens (tertiary/aromatic N) is 3. The summed E-state index contributed by atoms with van der Waals surface area (Å²) in [7, 11) is 1.81.